The number of hydrogen-bond donors (Lipinski definition) is 3. The molecule has 0 aliphatic rings. The predicted molar refractivity (Wildman–Crippen MR) is 62.7 cm³/mol. The van der Waals surface area contributed by atoms with Gasteiger partial charge in [0.1, 0.15) is 0 Å². The maximum Gasteiger partial charge on any atom is 0.205 e. The van der Waals surface area contributed by atoms with Gasteiger partial charge in [0, 0.05) is 26.7 Å². The standard InChI is InChI=1S/C9H23N5O/c1-4-11-9(13-10)12-5-6-14(2)7-8-15-3/h4-8,10H2,1-3H3,(H2,11,12,13). The number of ether oxygens (including phenoxy) is 1. The largest absolute Gasteiger partial charge is 0.383 e. The molecule has 15 heavy (non-hydrogen) atoms. The van der Waals surface area contributed by atoms with Crippen molar-refractivity contribution in [2.24, 2.45) is 10.8 Å². The molecule has 0 atom stereocenters. The van der Waals surface area contributed by atoms with Crippen LogP contribution in [-0.2, 0) is 4.74 Å². The molecular formula is C9H23N5O. The van der Waals surface area contributed by atoms with Crippen LogP contribution in [0.4, 0.5) is 0 Å². The third kappa shape index (κ3) is 8.17. The van der Waals surface area contributed by atoms with E-state index in [1.165, 1.54) is 0 Å². The highest BCUT2D eigenvalue weighted by atomic mass is 16.5. The first-order valence-corrected chi connectivity index (χ1v) is 5.17. The molecule has 0 aromatic heterocycles. The van der Waals surface area contributed by atoms with Crippen molar-refractivity contribution in [2.75, 3.05) is 46.9 Å². The highest BCUT2D eigenvalue weighted by Crippen LogP contribution is 1.83. The van der Waals surface area contributed by atoms with E-state index in [2.05, 4.69) is 20.6 Å². The molecule has 0 fully saturated rings. The monoisotopic (exact) mass is 217 g/mol. The summed E-state index contributed by atoms with van der Waals surface area (Å²) in [5.74, 6) is 5.92. The fourth-order valence-corrected chi connectivity index (χ4v) is 1.01. The summed E-state index contributed by atoms with van der Waals surface area (Å²) < 4.78 is 4.98. The van der Waals surface area contributed by atoms with Gasteiger partial charge >= 0.3 is 0 Å². The smallest absolute Gasteiger partial charge is 0.205 e. The molecule has 0 unspecified atom stereocenters. The highest BCUT2D eigenvalue weighted by Gasteiger charge is 1.97. The molecule has 0 aliphatic carbocycles. The fraction of sp³-hybridized carbons (Fsp3) is 0.889. The van der Waals surface area contributed by atoms with E-state index in [1.807, 2.05) is 14.0 Å². The first-order chi connectivity index (χ1) is 7.24. The minimum atomic E-state index is 0.637. The molecule has 0 bridgehead atoms. The van der Waals surface area contributed by atoms with Crippen LogP contribution >= 0.6 is 0 Å². The van der Waals surface area contributed by atoms with Gasteiger partial charge in [0.25, 0.3) is 0 Å². The van der Waals surface area contributed by atoms with Gasteiger partial charge in [-0.3, -0.25) is 10.4 Å². The summed E-state index contributed by atoms with van der Waals surface area (Å²) in [6.07, 6.45) is 0. The Balaban J connectivity index is 3.64. The molecule has 0 radical (unpaired) electrons. The molecular weight excluding hydrogens is 194 g/mol. The van der Waals surface area contributed by atoms with E-state index in [0.29, 0.717) is 12.5 Å². The minimum absolute atomic E-state index is 0.637. The van der Waals surface area contributed by atoms with E-state index in [1.54, 1.807) is 7.11 Å². The van der Waals surface area contributed by atoms with E-state index >= 15 is 0 Å². The van der Waals surface area contributed by atoms with Crippen LogP contribution in [0.5, 0.6) is 0 Å². The Labute approximate surface area is 91.8 Å². The van der Waals surface area contributed by atoms with Gasteiger partial charge in [-0.25, -0.2) is 5.84 Å². The molecule has 0 aromatic rings. The zero-order chi connectivity index (χ0) is 11.5. The number of rotatable bonds is 7. The first-order valence-electron chi connectivity index (χ1n) is 5.17. The Morgan fingerprint density at radius 3 is 2.73 bits per heavy atom. The van der Waals surface area contributed by atoms with E-state index in [0.717, 1.165) is 26.2 Å². The van der Waals surface area contributed by atoms with Crippen molar-refractivity contribution in [1.82, 2.24) is 15.6 Å². The van der Waals surface area contributed by atoms with Crippen LogP contribution in [0.25, 0.3) is 0 Å². The quantitative estimate of drug-likeness (QED) is 0.221. The summed E-state index contributed by atoms with van der Waals surface area (Å²) in [6.45, 7) is 6.07. The Morgan fingerprint density at radius 1 is 1.47 bits per heavy atom. The van der Waals surface area contributed by atoms with Gasteiger partial charge < -0.3 is 15.0 Å². The number of nitrogens with two attached hydrogens (primary N) is 1. The number of guanidine groups is 1. The van der Waals surface area contributed by atoms with Crippen LogP contribution in [0, 0.1) is 0 Å². The molecule has 0 aliphatic heterocycles. The third-order valence-electron chi connectivity index (χ3n) is 1.91. The van der Waals surface area contributed by atoms with Crippen molar-refractivity contribution >= 4 is 5.96 Å². The number of hydrogen-bond acceptors (Lipinski definition) is 4. The number of likely N-dealkylation sites (N-methyl/N-ethyl adjacent to an activating group) is 1. The normalized spacial score (nSPS) is 11.9. The van der Waals surface area contributed by atoms with E-state index in [4.69, 9.17) is 10.6 Å². The van der Waals surface area contributed by atoms with Crippen molar-refractivity contribution in [3.05, 3.63) is 0 Å². The highest BCUT2D eigenvalue weighted by molar-refractivity contribution is 5.79. The molecule has 90 valence electrons. The van der Waals surface area contributed by atoms with Gasteiger partial charge in [-0.2, -0.15) is 0 Å². The SMILES string of the molecule is CCNC(=NCCN(C)CCOC)NN. The van der Waals surface area contributed by atoms with Gasteiger partial charge in [0.15, 0.2) is 0 Å². The van der Waals surface area contributed by atoms with Crippen LogP contribution in [-0.4, -0.2) is 57.8 Å². The molecule has 0 saturated heterocycles. The lowest BCUT2D eigenvalue weighted by Crippen LogP contribution is -2.42. The number of aliphatic imine (C=N–C) groups is 1. The number of nitrogens with one attached hydrogen (secondary N) is 2. The molecule has 0 saturated carbocycles. The molecule has 6 heteroatoms. The molecule has 0 rings (SSSR count). The van der Waals surface area contributed by atoms with Gasteiger partial charge in [0.2, 0.25) is 5.96 Å². The maximum atomic E-state index is 5.28. The van der Waals surface area contributed by atoms with Gasteiger partial charge in [-0.05, 0) is 14.0 Å². The topological polar surface area (TPSA) is 74.9 Å². The predicted octanol–water partition coefficient (Wildman–Crippen LogP) is -1.01. The Kier molecular flexibility index (Phi) is 9.15. The van der Waals surface area contributed by atoms with E-state index < -0.39 is 0 Å². The summed E-state index contributed by atoms with van der Waals surface area (Å²) >= 11 is 0. The van der Waals surface area contributed by atoms with Crippen molar-refractivity contribution < 1.29 is 4.74 Å². The lowest BCUT2D eigenvalue weighted by Gasteiger charge is -2.14. The molecule has 0 heterocycles. The summed E-state index contributed by atoms with van der Waals surface area (Å²) in [5.41, 5.74) is 2.52. The second kappa shape index (κ2) is 9.70. The fourth-order valence-electron chi connectivity index (χ4n) is 1.01. The van der Waals surface area contributed by atoms with Gasteiger partial charge in [-0.15, -0.1) is 0 Å². The summed E-state index contributed by atoms with van der Waals surface area (Å²) in [5, 5.41) is 3.02. The van der Waals surface area contributed by atoms with Crippen LogP contribution in [0.1, 0.15) is 6.92 Å². The maximum absolute atomic E-state index is 5.28. The Bertz CT molecular complexity index is 174. The lowest BCUT2D eigenvalue weighted by molar-refractivity contribution is 0.163. The van der Waals surface area contributed by atoms with Crippen molar-refractivity contribution in [2.45, 2.75) is 6.92 Å². The summed E-state index contributed by atoms with van der Waals surface area (Å²) in [6, 6.07) is 0. The summed E-state index contributed by atoms with van der Waals surface area (Å²) in [4.78, 5) is 6.43. The zero-order valence-corrected chi connectivity index (χ0v) is 9.92. The summed E-state index contributed by atoms with van der Waals surface area (Å²) in [7, 11) is 3.74. The molecule has 4 N–H and O–H groups in total. The van der Waals surface area contributed by atoms with E-state index in [-0.39, 0.29) is 0 Å². The number of nitrogens with zero attached hydrogens (tertiary/aromatic N) is 2. The second-order valence-electron chi connectivity index (χ2n) is 3.20. The minimum Gasteiger partial charge on any atom is -0.383 e. The Morgan fingerprint density at radius 2 is 2.20 bits per heavy atom. The van der Waals surface area contributed by atoms with Crippen molar-refractivity contribution in [1.29, 1.82) is 0 Å². The van der Waals surface area contributed by atoms with Crippen LogP contribution < -0.4 is 16.6 Å². The number of methoxy groups -OCH3 is 1. The first kappa shape index (κ1) is 14.2. The average molecular weight is 217 g/mol. The average Bonchev–Trinajstić information content (AvgIpc) is 2.25. The van der Waals surface area contributed by atoms with Crippen LogP contribution in [0.15, 0.2) is 4.99 Å². The molecule has 0 aromatic carbocycles. The molecule has 6 nitrogen and oxygen atoms in total. The van der Waals surface area contributed by atoms with Gasteiger partial charge in [0.05, 0.1) is 13.2 Å². The zero-order valence-electron chi connectivity index (χ0n) is 9.92. The number of hydrazine groups is 1. The molecule has 0 amide bonds. The van der Waals surface area contributed by atoms with E-state index in [9.17, 15) is 0 Å². The van der Waals surface area contributed by atoms with Gasteiger partial charge in [-0.1, -0.05) is 0 Å². The van der Waals surface area contributed by atoms with Crippen molar-refractivity contribution in [3.8, 4) is 0 Å². The van der Waals surface area contributed by atoms with Crippen molar-refractivity contribution in [3.63, 3.8) is 0 Å². The lowest BCUT2D eigenvalue weighted by atomic mass is 10.5. The molecule has 0 spiro atoms. The van der Waals surface area contributed by atoms with Crippen LogP contribution in [0.3, 0.4) is 0 Å². The third-order valence-corrected chi connectivity index (χ3v) is 1.91. The van der Waals surface area contributed by atoms with Crippen LogP contribution in [0.2, 0.25) is 0 Å². The second-order valence-corrected chi connectivity index (χ2v) is 3.20. The Hall–Kier alpha value is -0.850.